The SMILES string of the molecule is Cc1ccccc1-n1ncc2c(=O)n(Cc3ccc(C(F)(F)F)cc3)cnc21. The number of rotatable bonds is 3. The minimum atomic E-state index is -4.39. The van der Waals surface area contributed by atoms with Gasteiger partial charge in [-0.2, -0.15) is 18.3 Å². The molecule has 0 aliphatic carbocycles. The van der Waals surface area contributed by atoms with E-state index in [0.717, 1.165) is 23.4 Å². The van der Waals surface area contributed by atoms with Crippen LogP contribution in [-0.2, 0) is 12.7 Å². The topological polar surface area (TPSA) is 52.7 Å². The first-order valence-electron chi connectivity index (χ1n) is 8.50. The van der Waals surface area contributed by atoms with Gasteiger partial charge in [-0.1, -0.05) is 30.3 Å². The molecule has 2 heterocycles. The van der Waals surface area contributed by atoms with E-state index in [1.54, 1.807) is 4.68 Å². The summed E-state index contributed by atoms with van der Waals surface area (Å²) >= 11 is 0. The number of nitrogens with zero attached hydrogens (tertiary/aromatic N) is 4. The predicted molar refractivity (Wildman–Crippen MR) is 98.4 cm³/mol. The number of benzene rings is 2. The summed E-state index contributed by atoms with van der Waals surface area (Å²) in [6, 6.07) is 12.3. The molecular weight excluding hydrogens is 369 g/mol. The monoisotopic (exact) mass is 384 g/mol. The number of aromatic nitrogens is 4. The minimum absolute atomic E-state index is 0.120. The van der Waals surface area contributed by atoms with Crippen LogP contribution < -0.4 is 5.56 Å². The van der Waals surface area contributed by atoms with Gasteiger partial charge in [0.2, 0.25) is 0 Å². The van der Waals surface area contributed by atoms with E-state index in [4.69, 9.17) is 0 Å². The molecule has 0 saturated carbocycles. The molecule has 0 amide bonds. The Morgan fingerprint density at radius 2 is 1.75 bits per heavy atom. The second kappa shape index (κ2) is 6.63. The Balaban J connectivity index is 1.70. The van der Waals surface area contributed by atoms with Crippen molar-refractivity contribution in [2.45, 2.75) is 19.6 Å². The number of halogens is 3. The summed E-state index contributed by atoms with van der Waals surface area (Å²) in [5.41, 5.74) is 1.79. The van der Waals surface area contributed by atoms with Gasteiger partial charge < -0.3 is 0 Å². The van der Waals surface area contributed by atoms with Gasteiger partial charge in [0.25, 0.3) is 5.56 Å². The first-order valence-corrected chi connectivity index (χ1v) is 8.50. The Hall–Kier alpha value is -3.42. The standard InChI is InChI=1S/C20H15F3N4O/c1-13-4-2-3-5-17(13)27-18-16(10-25-27)19(28)26(12-24-18)11-14-6-8-15(9-7-14)20(21,22)23/h2-10,12H,11H2,1H3. The molecule has 2 aromatic heterocycles. The number of aryl methyl sites for hydroxylation is 1. The molecule has 0 aliphatic heterocycles. The summed E-state index contributed by atoms with van der Waals surface area (Å²) < 4.78 is 41.0. The first kappa shape index (κ1) is 18.0. The van der Waals surface area contributed by atoms with Crippen molar-refractivity contribution in [2.75, 3.05) is 0 Å². The second-order valence-electron chi connectivity index (χ2n) is 6.45. The zero-order valence-corrected chi connectivity index (χ0v) is 14.8. The Labute approximate surface area is 157 Å². The molecule has 0 fully saturated rings. The minimum Gasteiger partial charge on any atom is -0.294 e. The van der Waals surface area contributed by atoms with Crippen LogP contribution in [-0.4, -0.2) is 19.3 Å². The number of para-hydroxylation sites is 1. The third-order valence-corrected chi connectivity index (χ3v) is 4.53. The van der Waals surface area contributed by atoms with Crippen molar-refractivity contribution in [3.8, 4) is 5.69 Å². The highest BCUT2D eigenvalue weighted by Crippen LogP contribution is 2.29. The Bertz CT molecular complexity index is 1210. The summed E-state index contributed by atoms with van der Waals surface area (Å²) in [5, 5.41) is 4.63. The number of fused-ring (bicyclic) bond motifs is 1. The summed E-state index contributed by atoms with van der Waals surface area (Å²) in [4.78, 5) is 17.1. The van der Waals surface area contributed by atoms with Crippen LogP contribution >= 0.6 is 0 Å². The van der Waals surface area contributed by atoms with Gasteiger partial charge in [0.15, 0.2) is 5.65 Å². The maximum Gasteiger partial charge on any atom is 0.416 e. The molecular formula is C20H15F3N4O. The normalized spacial score (nSPS) is 11.9. The average Bonchev–Trinajstić information content (AvgIpc) is 3.09. The molecule has 0 saturated heterocycles. The van der Waals surface area contributed by atoms with Crippen LogP contribution in [0.3, 0.4) is 0 Å². The van der Waals surface area contributed by atoms with Crippen LogP contribution in [0.15, 0.2) is 65.8 Å². The third-order valence-electron chi connectivity index (χ3n) is 4.53. The van der Waals surface area contributed by atoms with E-state index in [2.05, 4.69) is 10.1 Å². The molecule has 8 heteroatoms. The van der Waals surface area contributed by atoms with Crippen molar-refractivity contribution in [1.29, 1.82) is 0 Å². The predicted octanol–water partition coefficient (Wildman–Crippen LogP) is 3.96. The fraction of sp³-hybridized carbons (Fsp3) is 0.150. The lowest BCUT2D eigenvalue weighted by Crippen LogP contribution is -2.21. The zero-order chi connectivity index (χ0) is 19.9. The lowest BCUT2D eigenvalue weighted by atomic mass is 10.1. The smallest absolute Gasteiger partial charge is 0.294 e. The first-order chi connectivity index (χ1) is 13.3. The van der Waals surface area contributed by atoms with E-state index in [1.807, 2.05) is 31.2 Å². The van der Waals surface area contributed by atoms with Crippen LogP contribution in [0.2, 0.25) is 0 Å². The molecule has 4 aromatic rings. The van der Waals surface area contributed by atoms with Crippen molar-refractivity contribution in [1.82, 2.24) is 19.3 Å². The summed E-state index contributed by atoms with van der Waals surface area (Å²) in [6.07, 6.45) is -1.54. The van der Waals surface area contributed by atoms with E-state index in [9.17, 15) is 18.0 Å². The molecule has 0 spiro atoms. The van der Waals surface area contributed by atoms with E-state index in [0.29, 0.717) is 16.6 Å². The Kier molecular flexibility index (Phi) is 4.26. The van der Waals surface area contributed by atoms with Gasteiger partial charge in [0, 0.05) is 0 Å². The largest absolute Gasteiger partial charge is 0.416 e. The van der Waals surface area contributed by atoms with Gasteiger partial charge in [-0.3, -0.25) is 9.36 Å². The number of hydrogen-bond donors (Lipinski definition) is 0. The fourth-order valence-corrected chi connectivity index (χ4v) is 3.03. The highest BCUT2D eigenvalue weighted by molar-refractivity contribution is 5.75. The molecule has 5 nitrogen and oxygen atoms in total. The molecule has 0 unspecified atom stereocenters. The maximum atomic E-state index is 12.8. The zero-order valence-electron chi connectivity index (χ0n) is 14.8. The van der Waals surface area contributed by atoms with E-state index in [-0.39, 0.29) is 12.1 Å². The fourth-order valence-electron chi connectivity index (χ4n) is 3.03. The molecule has 0 radical (unpaired) electrons. The maximum absolute atomic E-state index is 12.8. The third kappa shape index (κ3) is 3.17. The molecule has 0 atom stereocenters. The molecule has 0 aliphatic rings. The quantitative estimate of drug-likeness (QED) is 0.537. The van der Waals surface area contributed by atoms with Crippen molar-refractivity contribution < 1.29 is 13.2 Å². The van der Waals surface area contributed by atoms with Gasteiger partial charge in [0.05, 0.1) is 24.0 Å². The van der Waals surface area contributed by atoms with Crippen LogP contribution in [0.5, 0.6) is 0 Å². The van der Waals surface area contributed by atoms with Crippen LogP contribution in [0.25, 0.3) is 16.7 Å². The van der Waals surface area contributed by atoms with Crippen molar-refractivity contribution in [3.63, 3.8) is 0 Å². The van der Waals surface area contributed by atoms with Crippen LogP contribution in [0.4, 0.5) is 13.2 Å². The van der Waals surface area contributed by atoms with Crippen LogP contribution in [0, 0.1) is 6.92 Å². The number of hydrogen-bond acceptors (Lipinski definition) is 3. The van der Waals surface area contributed by atoms with E-state index >= 15 is 0 Å². The van der Waals surface area contributed by atoms with Crippen molar-refractivity contribution >= 4 is 11.0 Å². The Morgan fingerprint density at radius 1 is 1.04 bits per heavy atom. The van der Waals surface area contributed by atoms with E-state index in [1.165, 1.54) is 29.2 Å². The average molecular weight is 384 g/mol. The molecule has 0 bridgehead atoms. The lowest BCUT2D eigenvalue weighted by molar-refractivity contribution is -0.137. The highest BCUT2D eigenvalue weighted by atomic mass is 19.4. The highest BCUT2D eigenvalue weighted by Gasteiger charge is 2.29. The lowest BCUT2D eigenvalue weighted by Gasteiger charge is -2.09. The van der Waals surface area contributed by atoms with Crippen LogP contribution in [0.1, 0.15) is 16.7 Å². The molecule has 4 rings (SSSR count). The second-order valence-corrected chi connectivity index (χ2v) is 6.45. The van der Waals surface area contributed by atoms with Gasteiger partial charge in [-0.25, -0.2) is 9.67 Å². The van der Waals surface area contributed by atoms with Gasteiger partial charge in [0.1, 0.15) is 11.7 Å². The van der Waals surface area contributed by atoms with Gasteiger partial charge in [-0.05, 0) is 36.2 Å². The number of alkyl halides is 3. The molecule has 142 valence electrons. The summed E-state index contributed by atoms with van der Waals surface area (Å²) in [5.74, 6) is 0. The molecule has 2 aromatic carbocycles. The summed E-state index contributed by atoms with van der Waals surface area (Å²) in [7, 11) is 0. The van der Waals surface area contributed by atoms with E-state index < -0.39 is 11.7 Å². The summed E-state index contributed by atoms with van der Waals surface area (Å²) in [6.45, 7) is 2.06. The van der Waals surface area contributed by atoms with Crippen molar-refractivity contribution in [2.24, 2.45) is 0 Å². The molecule has 28 heavy (non-hydrogen) atoms. The van der Waals surface area contributed by atoms with Gasteiger partial charge >= 0.3 is 6.18 Å². The van der Waals surface area contributed by atoms with Gasteiger partial charge in [-0.15, -0.1) is 0 Å². The molecule has 0 N–H and O–H groups in total. The Morgan fingerprint density at radius 3 is 2.43 bits per heavy atom. The van der Waals surface area contributed by atoms with Crippen molar-refractivity contribution in [3.05, 3.63) is 88.1 Å².